The van der Waals surface area contributed by atoms with Crippen LogP contribution in [0.3, 0.4) is 0 Å². The van der Waals surface area contributed by atoms with E-state index in [0.29, 0.717) is 12.1 Å². The average molecular weight is 335 g/mol. The van der Waals surface area contributed by atoms with Gasteiger partial charge < -0.3 is 9.80 Å². The van der Waals surface area contributed by atoms with Gasteiger partial charge in [0.15, 0.2) is 0 Å². The number of likely N-dealkylation sites (N-methyl/N-ethyl adjacent to an activating group) is 1. The Hall–Kier alpha value is -1.59. The predicted octanol–water partition coefficient (Wildman–Crippen LogP) is 2.37. The zero-order valence-corrected chi connectivity index (χ0v) is 14.7. The fourth-order valence-electron chi connectivity index (χ4n) is 4.47. The van der Waals surface area contributed by atoms with Crippen molar-refractivity contribution in [3.05, 3.63) is 0 Å². The highest BCUT2D eigenvalue weighted by atomic mass is 16.2. The molecule has 24 heavy (non-hydrogen) atoms. The number of hydrogen-bond acceptors (Lipinski definition) is 3. The van der Waals surface area contributed by atoms with E-state index in [2.05, 4.69) is 4.90 Å². The summed E-state index contributed by atoms with van der Waals surface area (Å²) in [6, 6.07) is 0.236. The van der Waals surface area contributed by atoms with Crippen molar-refractivity contribution in [1.82, 2.24) is 14.7 Å². The smallest absolute Gasteiger partial charge is 0.327 e. The molecule has 0 aromatic carbocycles. The van der Waals surface area contributed by atoms with Crippen LogP contribution in [-0.2, 0) is 9.59 Å². The molecule has 0 bridgehead atoms. The van der Waals surface area contributed by atoms with Gasteiger partial charge in [0.25, 0.3) is 5.91 Å². The number of urea groups is 1. The molecule has 2 saturated carbocycles. The van der Waals surface area contributed by atoms with Crippen molar-refractivity contribution in [2.45, 2.75) is 76.3 Å². The maximum atomic E-state index is 13.1. The number of carbonyl (C=O) groups is 3. The Kier molecular flexibility index (Phi) is 5.41. The predicted molar refractivity (Wildman–Crippen MR) is 90.3 cm³/mol. The molecule has 0 aromatic heterocycles. The summed E-state index contributed by atoms with van der Waals surface area (Å²) in [4.78, 5) is 41.7. The molecule has 134 valence electrons. The van der Waals surface area contributed by atoms with E-state index in [1.165, 1.54) is 43.4 Å². The van der Waals surface area contributed by atoms with E-state index in [9.17, 15) is 14.4 Å². The van der Waals surface area contributed by atoms with Gasteiger partial charge in [-0.15, -0.1) is 0 Å². The number of hydrogen-bond donors (Lipinski definition) is 0. The lowest BCUT2D eigenvalue weighted by molar-refractivity contribution is -0.141. The molecule has 1 aliphatic heterocycles. The van der Waals surface area contributed by atoms with Crippen LogP contribution in [0.2, 0.25) is 0 Å². The van der Waals surface area contributed by atoms with Gasteiger partial charge in [-0.3, -0.25) is 14.5 Å². The summed E-state index contributed by atoms with van der Waals surface area (Å²) in [5.41, 5.74) is 0. The molecule has 1 saturated heterocycles. The third kappa shape index (κ3) is 3.57. The lowest BCUT2D eigenvalue weighted by atomic mass is 9.88. The number of rotatable bonds is 4. The van der Waals surface area contributed by atoms with Crippen LogP contribution in [0.25, 0.3) is 0 Å². The van der Waals surface area contributed by atoms with Crippen LogP contribution >= 0.6 is 0 Å². The normalized spacial score (nSPS) is 23.9. The molecule has 0 spiro atoms. The highest BCUT2D eigenvalue weighted by molar-refractivity contribution is 6.04. The standard InChI is InChI=1S/C18H29N3O3/c1-19-12-16(22)20(18(19)24)13-17(23)21(14-8-4-2-5-9-14)15-10-6-3-7-11-15/h14-15H,2-13H2,1H3. The molecular weight excluding hydrogens is 306 g/mol. The van der Waals surface area contributed by atoms with Crippen LogP contribution in [0.5, 0.6) is 0 Å². The van der Waals surface area contributed by atoms with E-state index < -0.39 is 0 Å². The molecule has 4 amide bonds. The van der Waals surface area contributed by atoms with E-state index in [1.54, 1.807) is 7.05 Å². The molecule has 0 unspecified atom stereocenters. The zero-order valence-electron chi connectivity index (χ0n) is 14.7. The average Bonchev–Trinajstić information content (AvgIpc) is 2.83. The molecule has 6 heteroatoms. The Labute approximate surface area is 144 Å². The van der Waals surface area contributed by atoms with Crippen molar-refractivity contribution in [1.29, 1.82) is 0 Å². The molecule has 3 aliphatic rings. The van der Waals surface area contributed by atoms with Gasteiger partial charge in [0.05, 0.1) is 0 Å². The summed E-state index contributed by atoms with van der Waals surface area (Å²) < 4.78 is 0. The zero-order chi connectivity index (χ0) is 17.1. The topological polar surface area (TPSA) is 60.9 Å². The Morgan fingerprint density at radius 2 is 1.46 bits per heavy atom. The number of amides is 4. The molecule has 0 N–H and O–H groups in total. The van der Waals surface area contributed by atoms with Gasteiger partial charge in [0.2, 0.25) is 5.91 Å². The molecule has 1 heterocycles. The summed E-state index contributed by atoms with van der Waals surface area (Å²) in [6.07, 6.45) is 11.4. The quantitative estimate of drug-likeness (QED) is 0.741. The minimum absolute atomic E-state index is 0.0363. The van der Waals surface area contributed by atoms with Gasteiger partial charge in [-0.2, -0.15) is 0 Å². The maximum Gasteiger partial charge on any atom is 0.327 e. The molecule has 0 atom stereocenters. The summed E-state index contributed by atoms with van der Waals surface area (Å²) >= 11 is 0. The second-order valence-corrected chi connectivity index (χ2v) is 7.50. The van der Waals surface area contributed by atoms with Crippen molar-refractivity contribution in [2.24, 2.45) is 0 Å². The monoisotopic (exact) mass is 335 g/mol. The van der Waals surface area contributed by atoms with Gasteiger partial charge in [-0.25, -0.2) is 4.79 Å². The molecule has 3 rings (SSSR count). The molecule has 0 radical (unpaired) electrons. The molecule has 2 aliphatic carbocycles. The van der Waals surface area contributed by atoms with Crippen molar-refractivity contribution in [2.75, 3.05) is 20.1 Å². The SMILES string of the molecule is CN1CC(=O)N(CC(=O)N(C2CCCCC2)C2CCCCC2)C1=O. The Bertz CT molecular complexity index is 478. The first-order valence-electron chi connectivity index (χ1n) is 9.44. The van der Waals surface area contributed by atoms with E-state index in [4.69, 9.17) is 0 Å². The van der Waals surface area contributed by atoms with Crippen molar-refractivity contribution < 1.29 is 14.4 Å². The first-order valence-corrected chi connectivity index (χ1v) is 9.44. The van der Waals surface area contributed by atoms with Gasteiger partial charge in [0, 0.05) is 19.1 Å². The van der Waals surface area contributed by atoms with Crippen LogP contribution in [0, 0.1) is 0 Å². The number of nitrogens with zero attached hydrogens (tertiary/aromatic N) is 3. The van der Waals surface area contributed by atoms with Crippen LogP contribution < -0.4 is 0 Å². The fraction of sp³-hybridized carbons (Fsp3) is 0.833. The molecule has 6 nitrogen and oxygen atoms in total. The lowest BCUT2D eigenvalue weighted by Crippen LogP contribution is -2.52. The van der Waals surface area contributed by atoms with Gasteiger partial charge >= 0.3 is 6.03 Å². The van der Waals surface area contributed by atoms with Crippen molar-refractivity contribution in [3.8, 4) is 0 Å². The van der Waals surface area contributed by atoms with Crippen LogP contribution in [0.4, 0.5) is 4.79 Å². The fourth-order valence-corrected chi connectivity index (χ4v) is 4.47. The minimum Gasteiger partial charge on any atom is -0.335 e. The Morgan fingerprint density at radius 3 is 1.88 bits per heavy atom. The number of carbonyl (C=O) groups excluding carboxylic acids is 3. The summed E-state index contributed by atoms with van der Waals surface area (Å²) in [5, 5.41) is 0. The lowest BCUT2D eigenvalue weighted by Gasteiger charge is -2.42. The molecular formula is C18H29N3O3. The third-order valence-electron chi connectivity index (χ3n) is 5.75. The van der Waals surface area contributed by atoms with Crippen LogP contribution in [-0.4, -0.2) is 64.8 Å². The Morgan fingerprint density at radius 1 is 0.958 bits per heavy atom. The van der Waals surface area contributed by atoms with Gasteiger partial charge in [-0.1, -0.05) is 38.5 Å². The van der Waals surface area contributed by atoms with E-state index in [0.717, 1.165) is 30.6 Å². The molecule has 0 aromatic rings. The van der Waals surface area contributed by atoms with Crippen molar-refractivity contribution >= 4 is 17.8 Å². The van der Waals surface area contributed by atoms with E-state index in [1.807, 2.05) is 0 Å². The highest BCUT2D eigenvalue weighted by Crippen LogP contribution is 2.30. The first-order chi connectivity index (χ1) is 11.6. The van der Waals surface area contributed by atoms with Crippen LogP contribution in [0.15, 0.2) is 0 Å². The second-order valence-electron chi connectivity index (χ2n) is 7.50. The minimum atomic E-state index is -0.347. The summed E-state index contributed by atoms with van der Waals surface area (Å²) in [7, 11) is 1.60. The van der Waals surface area contributed by atoms with Crippen LogP contribution in [0.1, 0.15) is 64.2 Å². The van der Waals surface area contributed by atoms with E-state index >= 15 is 0 Å². The van der Waals surface area contributed by atoms with Gasteiger partial charge in [-0.05, 0) is 25.7 Å². The molecule has 3 fully saturated rings. The van der Waals surface area contributed by atoms with Crippen molar-refractivity contribution in [3.63, 3.8) is 0 Å². The maximum absolute atomic E-state index is 13.1. The summed E-state index contributed by atoms with van der Waals surface area (Å²) in [6.45, 7) is -0.00598. The van der Waals surface area contributed by atoms with E-state index in [-0.39, 0.29) is 30.9 Å². The highest BCUT2D eigenvalue weighted by Gasteiger charge is 2.38. The first kappa shape index (κ1) is 17.2. The van der Waals surface area contributed by atoms with Gasteiger partial charge in [0.1, 0.15) is 13.1 Å². The summed E-state index contributed by atoms with van der Waals surface area (Å²) in [5.74, 6) is -0.297. The number of imide groups is 1. The largest absolute Gasteiger partial charge is 0.335 e. The second kappa shape index (κ2) is 7.53. The third-order valence-corrected chi connectivity index (χ3v) is 5.75. The Balaban J connectivity index is 1.72.